The summed E-state index contributed by atoms with van der Waals surface area (Å²) in [5.74, 6) is -2.91. The first-order chi connectivity index (χ1) is 16.3. The fourth-order valence-corrected chi connectivity index (χ4v) is 4.01. The number of hydrogen-bond acceptors (Lipinski definition) is 5. The van der Waals surface area contributed by atoms with Gasteiger partial charge in [0, 0.05) is 11.3 Å². The third-order valence-electron chi connectivity index (χ3n) is 5.47. The van der Waals surface area contributed by atoms with Crippen molar-refractivity contribution in [1.29, 1.82) is 0 Å². The predicted molar refractivity (Wildman–Crippen MR) is 122 cm³/mol. The molecule has 0 aliphatic carbocycles. The van der Waals surface area contributed by atoms with Gasteiger partial charge in [0.15, 0.2) is 11.5 Å². The average Bonchev–Trinajstić information content (AvgIpc) is 3.10. The van der Waals surface area contributed by atoms with Crippen LogP contribution in [0, 0.1) is 11.6 Å². The lowest BCUT2D eigenvalue weighted by Gasteiger charge is -2.26. The Balaban J connectivity index is 1.97. The largest absolute Gasteiger partial charge is 0.507 e. The van der Waals surface area contributed by atoms with E-state index < -0.39 is 35.1 Å². The summed E-state index contributed by atoms with van der Waals surface area (Å²) in [5.41, 5.74) is 0.457. The number of carbonyl (C=O) groups excluding carboxylic acids is 2. The van der Waals surface area contributed by atoms with E-state index in [0.29, 0.717) is 17.1 Å². The van der Waals surface area contributed by atoms with Crippen molar-refractivity contribution in [2.75, 3.05) is 19.1 Å². The van der Waals surface area contributed by atoms with Crippen LogP contribution in [0.1, 0.15) is 17.2 Å². The zero-order valence-electron chi connectivity index (χ0n) is 18.0. The molecule has 1 atom stereocenters. The summed E-state index contributed by atoms with van der Waals surface area (Å²) >= 11 is 5.94. The number of halogens is 3. The summed E-state index contributed by atoms with van der Waals surface area (Å²) in [4.78, 5) is 27.4. The quantitative estimate of drug-likeness (QED) is 0.303. The fraction of sp³-hybridized carbons (Fsp3) is 0.120. The van der Waals surface area contributed by atoms with Crippen molar-refractivity contribution in [3.05, 3.63) is 94.0 Å². The van der Waals surface area contributed by atoms with E-state index in [2.05, 4.69) is 0 Å². The first-order valence-electron chi connectivity index (χ1n) is 10.0. The summed E-state index contributed by atoms with van der Waals surface area (Å²) in [7, 11) is 2.88. The molecule has 0 saturated carbocycles. The summed E-state index contributed by atoms with van der Waals surface area (Å²) in [5, 5.41) is 10.8. The number of anilines is 1. The van der Waals surface area contributed by atoms with Gasteiger partial charge in [-0.3, -0.25) is 14.5 Å². The molecule has 1 saturated heterocycles. The number of benzene rings is 3. The van der Waals surface area contributed by atoms with E-state index in [1.54, 1.807) is 18.2 Å². The molecule has 0 spiro atoms. The molecule has 1 amide bonds. The van der Waals surface area contributed by atoms with Gasteiger partial charge in [-0.25, -0.2) is 8.78 Å². The highest BCUT2D eigenvalue weighted by molar-refractivity contribution is 6.51. The van der Waals surface area contributed by atoms with Gasteiger partial charge in [0.1, 0.15) is 17.4 Å². The number of hydrogen-bond donors (Lipinski definition) is 1. The van der Waals surface area contributed by atoms with Gasteiger partial charge in [0.2, 0.25) is 0 Å². The van der Waals surface area contributed by atoms with Crippen LogP contribution in [0.25, 0.3) is 5.76 Å². The lowest BCUT2D eigenvalue weighted by atomic mass is 9.94. The van der Waals surface area contributed by atoms with Crippen LogP contribution in [0.2, 0.25) is 5.02 Å². The number of ether oxygens (including phenoxy) is 2. The molecule has 4 rings (SSSR count). The summed E-state index contributed by atoms with van der Waals surface area (Å²) in [6.07, 6.45) is 0. The van der Waals surface area contributed by atoms with E-state index in [0.717, 1.165) is 23.1 Å². The average molecular weight is 486 g/mol. The Kier molecular flexibility index (Phi) is 6.26. The van der Waals surface area contributed by atoms with Gasteiger partial charge in [-0.05, 0) is 60.2 Å². The summed E-state index contributed by atoms with van der Waals surface area (Å²) < 4.78 is 37.8. The van der Waals surface area contributed by atoms with Gasteiger partial charge in [-0.1, -0.05) is 17.7 Å². The topological polar surface area (TPSA) is 76.1 Å². The highest BCUT2D eigenvalue weighted by Gasteiger charge is 2.47. The van der Waals surface area contributed by atoms with E-state index >= 15 is 0 Å². The van der Waals surface area contributed by atoms with Crippen LogP contribution in [-0.2, 0) is 9.59 Å². The Morgan fingerprint density at radius 3 is 2.24 bits per heavy atom. The van der Waals surface area contributed by atoms with E-state index in [1.165, 1.54) is 38.5 Å². The minimum absolute atomic E-state index is 0.141. The molecule has 0 radical (unpaired) electrons. The maximum Gasteiger partial charge on any atom is 0.300 e. The van der Waals surface area contributed by atoms with Crippen LogP contribution in [0.3, 0.4) is 0 Å². The molecule has 1 heterocycles. The number of aliphatic hydroxyl groups is 1. The maximum atomic E-state index is 13.8. The normalized spacial score (nSPS) is 17.2. The SMILES string of the molecule is COc1ccc(C2/C(=C(\O)c3ccc(F)cc3)C(=O)C(=O)N2c2ccc(F)c(Cl)c2)cc1OC. The van der Waals surface area contributed by atoms with Crippen molar-refractivity contribution >= 4 is 34.7 Å². The molecule has 174 valence electrons. The minimum atomic E-state index is -1.12. The monoisotopic (exact) mass is 485 g/mol. The standard InChI is InChI=1S/C25H18ClF2NO5/c1-33-19-10-5-14(11-20(19)34-2)22-21(23(30)13-3-6-15(27)7-4-13)24(31)25(32)29(22)16-8-9-18(28)17(26)12-16/h3-12,22,30H,1-2H3/b23-21+. The van der Waals surface area contributed by atoms with E-state index in [1.807, 2.05) is 0 Å². The van der Waals surface area contributed by atoms with Crippen LogP contribution in [0.5, 0.6) is 11.5 Å². The fourth-order valence-electron chi connectivity index (χ4n) is 3.84. The molecule has 0 aromatic heterocycles. The van der Waals surface area contributed by atoms with Gasteiger partial charge in [0.25, 0.3) is 11.7 Å². The van der Waals surface area contributed by atoms with Crippen LogP contribution in [0.4, 0.5) is 14.5 Å². The molecule has 9 heteroatoms. The Labute approximate surface area is 198 Å². The number of Topliss-reactive ketones (excluding diaryl/α,β-unsaturated/α-hetero) is 1. The predicted octanol–water partition coefficient (Wildman–Crippen LogP) is 5.26. The highest BCUT2D eigenvalue weighted by Crippen LogP contribution is 2.44. The molecule has 6 nitrogen and oxygen atoms in total. The third kappa shape index (κ3) is 3.97. The molecular weight excluding hydrogens is 468 g/mol. The summed E-state index contributed by atoms with van der Waals surface area (Å²) in [6, 6.07) is 12.0. The molecule has 34 heavy (non-hydrogen) atoms. The maximum absolute atomic E-state index is 13.8. The Bertz CT molecular complexity index is 1320. The molecule has 1 N–H and O–H groups in total. The van der Waals surface area contributed by atoms with Crippen molar-refractivity contribution in [3.8, 4) is 11.5 Å². The molecule has 0 bridgehead atoms. The van der Waals surface area contributed by atoms with Gasteiger partial charge in [0.05, 0.1) is 30.9 Å². The lowest BCUT2D eigenvalue weighted by Crippen LogP contribution is -2.29. The molecule has 1 aliphatic rings. The zero-order chi connectivity index (χ0) is 24.6. The first kappa shape index (κ1) is 23.3. The van der Waals surface area contributed by atoms with Crippen LogP contribution in [0.15, 0.2) is 66.2 Å². The van der Waals surface area contributed by atoms with Crippen molar-refractivity contribution in [2.24, 2.45) is 0 Å². The molecule has 1 fully saturated rings. The number of rotatable bonds is 5. The van der Waals surface area contributed by atoms with E-state index in [4.69, 9.17) is 21.1 Å². The second-order valence-corrected chi connectivity index (χ2v) is 7.80. The molecular formula is C25H18ClF2NO5. The van der Waals surface area contributed by atoms with Gasteiger partial charge >= 0.3 is 0 Å². The highest BCUT2D eigenvalue weighted by atomic mass is 35.5. The lowest BCUT2D eigenvalue weighted by molar-refractivity contribution is -0.132. The van der Waals surface area contributed by atoms with Crippen LogP contribution in [-0.4, -0.2) is 31.0 Å². The molecule has 1 aliphatic heterocycles. The van der Waals surface area contributed by atoms with E-state index in [-0.39, 0.29) is 21.8 Å². The van der Waals surface area contributed by atoms with Crippen LogP contribution >= 0.6 is 11.6 Å². The van der Waals surface area contributed by atoms with Crippen molar-refractivity contribution in [1.82, 2.24) is 0 Å². The van der Waals surface area contributed by atoms with E-state index in [9.17, 15) is 23.5 Å². The summed E-state index contributed by atoms with van der Waals surface area (Å²) in [6.45, 7) is 0. The minimum Gasteiger partial charge on any atom is -0.507 e. The van der Waals surface area contributed by atoms with Gasteiger partial charge in [-0.15, -0.1) is 0 Å². The third-order valence-corrected chi connectivity index (χ3v) is 5.76. The van der Waals surface area contributed by atoms with Crippen molar-refractivity contribution < 1.29 is 33.0 Å². The van der Waals surface area contributed by atoms with Gasteiger partial charge in [-0.2, -0.15) is 0 Å². The Hall–Kier alpha value is -3.91. The van der Waals surface area contributed by atoms with Gasteiger partial charge < -0.3 is 14.6 Å². The Morgan fingerprint density at radius 1 is 0.941 bits per heavy atom. The second kappa shape index (κ2) is 9.15. The first-order valence-corrected chi connectivity index (χ1v) is 10.4. The van der Waals surface area contributed by atoms with Crippen LogP contribution < -0.4 is 14.4 Å². The Morgan fingerprint density at radius 2 is 1.62 bits per heavy atom. The molecule has 1 unspecified atom stereocenters. The number of nitrogens with zero attached hydrogens (tertiary/aromatic N) is 1. The molecule has 3 aromatic rings. The number of methoxy groups -OCH3 is 2. The second-order valence-electron chi connectivity index (χ2n) is 7.39. The smallest absolute Gasteiger partial charge is 0.300 e. The number of carbonyl (C=O) groups is 2. The number of amides is 1. The van der Waals surface area contributed by atoms with Crippen molar-refractivity contribution in [2.45, 2.75) is 6.04 Å². The number of ketones is 1. The molecule has 3 aromatic carbocycles. The zero-order valence-corrected chi connectivity index (χ0v) is 18.8. The number of aliphatic hydroxyl groups excluding tert-OH is 1. The van der Waals surface area contributed by atoms with Crippen molar-refractivity contribution in [3.63, 3.8) is 0 Å².